The van der Waals surface area contributed by atoms with E-state index in [-0.39, 0.29) is 34.2 Å². The number of nitrogens with two attached hydrogens (primary N) is 1. The van der Waals surface area contributed by atoms with Crippen molar-refractivity contribution in [3.63, 3.8) is 0 Å². The van der Waals surface area contributed by atoms with Crippen LogP contribution in [-0.2, 0) is 19.2 Å². The summed E-state index contributed by atoms with van der Waals surface area (Å²) in [6.45, 7) is -1.09. The van der Waals surface area contributed by atoms with Crippen LogP contribution in [0.3, 0.4) is 0 Å². The maximum absolute atomic E-state index is 12.7. The summed E-state index contributed by atoms with van der Waals surface area (Å²) < 4.78 is 0.649. The third kappa shape index (κ3) is 8.16. The van der Waals surface area contributed by atoms with E-state index in [0.29, 0.717) is 4.47 Å². The van der Waals surface area contributed by atoms with E-state index in [1.54, 1.807) is 0 Å². The van der Waals surface area contributed by atoms with E-state index in [4.69, 9.17) is 15.9 Å². The quantitative estimate of drug-likeness (QED) is 0.143. The molecule has 0 radical (unpaired) electrons. The number of urea groups is 1. The molecular weight excluding hydrogens is 500 g/mol. The average molecular weight is 521 g/mol. The number of hydroxylamine groups is 1. The molecule has 6 N–H and O–H groups in total. The Kier molecular flexibility index (Phi) is 10.4. The highest BCUT2D eigenvalue weighted by Gasteiger charge is 2.34. The fourth-order valence-corrected chi connectivity index (χ4v) is 2.74. The van der Waals surface area contributed by atoms with E-state index >= 15 is 0 Å². The van der Waals surface area contributed by atoms with Crippen LogP contribution < -0.4 is 16.1 Å². The topological polar surface area (TPSA) is 191 Å². The van der Waals surface area contributed by atoms with Gasteiger partial charge >= 0.3 is 18.0 Å². The number of carboxylic acid groups (broad SMARTS) is 2. The summed E-state index contributed by atoms with van der Waals surface area (Å²) in [6, 6.07) is 1.64. The first kappa shape index (κ1) is 26.4. The molecule has 170 valence electrons. The van der Waals surface area contributed by atoms with Gasteiger partial charge in [-0.05, 0) is 30.7 Å². The van der Waals surface area contributed by atoms with E-state index in [1.165, 1.54) is 24.3 Å². The molecule has 1 rings (SSSR count). The highest BCUT2D eigenvalue weighted by atomic mass is 79.9. The third-order valence-corrected chi connectivity index (χ3v) is 4.75. The number of rotatable bonds is 10. The van der Waals surface area contributed by atoms with Crippen molar-refractivity contribution in [2.75, 3.05) is 17.4 Å². The number of anilines is 1. The molecule has 31 heavy (non-hydrogen) atoms. The number of thiol groups is 1. The van der Waals surface area contributed by atoms with Crippen molar-refractivity contribution in [2.45, 2.75) is 24.9 Å². The molecule has 0 aliphatic rings. The zero-order valence-electron chi connectivity index (χ0n) is 16.0. The van der Waals surface area contributed by atoms with Gasteiger partial charge in [-0.3, -0.25) is 24.4 Å². The largest absolute Gasteiger partial charge is 0.480 e. The zero-order chi connectivity index (χ0) is 23.7. The number of halogens is 1. The second-order valence-corrected chi connectivity index (χ2v) is 7.46. The molecule has 12 nitrogen and oxygen atoms in total. The number of amides is 4. The molecule has 0 bridgehead atoms. The van der Waals surface area contributed by atoms with E-state index in [1.807, 2.05) is 0 Å². The Bertz CT molecular complexity index is 838. The Morgan fingerprint density at radius 1 is 1.13 bits per heavy atom. The summed E-state index contributed by atoms with van der Waals surface area (Å²) in [6.07, 6.45) is -0.538. The minimum Gasteiger partial charge on any atom is -0.480 e. The van der Waals surface area contributed by atoms with E-state index in [2.05, 4.69) is 33.9 Å². The number of aliphatic carboxylic acids is 2. The zero-order valence-corrected chi connectivity index (χ0v) is 18.5. The van der Waals surface area contributed by atoms with E-state index < -0.39 is 48.4 Å². The van der Waals surface area contributed by atoms with Gasteiger partial charge in [0.05, 0.1) is 5.69 Å². The van der Waals surface area contributed by atoms with E-state index in [9.17, 15) is 29.2 Å². The number of carbonyl (C=O) groups excluding carboxylic acids is 3. The van der Waals surface area contributed by atoms with Crippen molar-refractivity contribution >= 4 is 64.0 Å². The Balaban J connectivity index is 2.96. The molecule has 0 aromatic heterocycles. The van der Waals surface area contributed by atoms with Gasteiger partial charge in [0.25, 0.3) is 5.91 Å². The van der Waals surface area contributed by atoms with Crippen LogP contribution in [-0.4, -0.2) is 74.5 Å². The predicted octanol–water partition coefficient (Wildman–Crippen LogP) is 0.285. The highest BCUT2D eigenvalue weighted by Crippen LogP contribution is 2.18. The summed E-state index contributed by atoms with van der Waals surface area (Å²) in [5.74, 6) is -5.02. The molecule has 0 heterocycles. The molecule has 14 heteroatoms. The minimum absolute atomic E-state index is 0.0366. The molecule has 0 aliphatic heterocycles. The third-order valence-electron chi connectivity index (χ3n) is 3.86. The van der Waals surface area contributed by atoms with Gasteiger partial charge in [0, 0.05) is 16.6 Å². The first-order valence-electron chi connectivity index (χ1n) is 8.68. The number of imide groups is 1. The first-order chi connectivity index (χ1) is 14.5. The number of carbonyl (C=O) groups is 5. The summed E-state index contributed by atoms with van der Waals surface area (Å²) in [7, 11) is 0. The second kappa shape index (κ2) is 12.2. The molecule has 4 amide bonds. The van der Waals surface area contributed by atoms with Gasteiger partial charge in [-0.25, -0.2) is 9.69 Å². The Hall–Kier alpha value is -2.68. The van der Waals surface area contributed by atoms with Crippen molar-refractivity contribution in [3.05, 3.63) is 28.7 Å². The van der Waals surface area contributed by atoms with Gasteiger partial charge in [-0.15, -0.1) is 0 Å². The molecular formula is C17H21BrN4O8S. The Morgan fingerprint density at radius 2 is 1.71 bits per heavy atom. The summed E-state index contributed by atoms with van der Waals surface area (Å²) >= 11 is 7.12. The fourth-order valence-electron chi connectivity index (χ4n) is 2.23. The van der Waals surface area contributed by atoms with Gasteiger partial charge in [-0.2, -0.15) is 17.7 Å². The highest BCUT2D eigenvalue weighted by molar-refractivity contribution is 9.10. The SMILES string of the molecule is NC(CCC(=O)NC(CS)C(=O)N(CC(=O)O)C(=O)N(O)c1ccc(Br)cc1)C(=O)O. The van der Waals surface area contributed by atoms with Crippen LogP contribution in [0.2, 0.25) is 0 Å². The van der Waals surface area contributed by atoms with Crippen LogP contribution in [0.4, 0.5) is 10.5 Å². The first-order valence-corrected chi connectivity index (χ1v) is 10.1. The van der Waals surface area contributed by atoms with Crippen molar-refractivity contribution in [2.24, 2.45) is 5.73 Å². The minimum atomic E-state index is -1.54. The molecule has 0 saturated carbocycles. The van der Waals surface area contributed by atoms with Crippen molar-refractivity contribution in [1.29, 1.82) is 0 Å². The van der Waals surface area contributed by atoms with Crippen molar-refractivity contribution < 1.29 is 39.4 Å². The number of carboxylic acids is 2. The lowest BCUT2D eigenvalue weighted by Gasteiger charge is -2.27. The lowest BCUT2D eigenvalue weighted by atomic mass is 10.1. The van der Waals surface area contributed by atoms with Gasteiger partial charge < -0.3 is 21.3 Å². The van der Waals surface area contributed by atoms with Gasteiger partial charge in [0.2, 0.25) is 5.91 Å². The lowest BCUT2D eigenvalue weighted by Crippen LogP contribution is -2.55. The number of benzene rings is 1. The summed E-state index contributed by atoms with van der Waals surface area (Å²) in [5.41, 5.74) is 5.28. The van der Waals surface area contributed by atoms with Crippen LogP contribution in [0, 0.1) is 0 Å². The lowest BCUT2D eigenvalue weighted by molar-refractivity contribution is -0.143. The molecule has 0 fully saturated rings. The van der Waals surface area contributed by atoms with Gasteiger partial charge in [-0.1, -0.05) is 15.9 Å². The number of nitrogens with zero attached hydrogens (tertiary/aromatic N) is 2. The number of nitrogens with one attached hydrogen (secondary N) is 1. The standard InChI is InChI=1S/C17H21BrN4O8S/c18-9-1-3-10(4-2-9)22(30)17(29)21(7-14(24)25)15(26)12(8-31)20-13(23)6-5-11(19)16(27)28/h1-4,11-12,30-31H,5-8,19H2,(H,20,23)(H,24,25)(H,27,28). The van der Waals surface area contributed by atoms with Crippen molar-refractivity contribution in [1.82, 2.24) is 10.2 Å². The summed E-state index contributed by atoms with van der Waals surface area (Å²) in [5, 5.41) is 30.3. The van der Waals surface area contributed by atoms with Crippen LogP contribution in [0.25, 0.3) is 0 Å². The monoisotopic (exact) mass is 520 g/mol. The predicted molar refractivity (Wildman–Crippen MR) is 114 cm³/mol. The number of hydrogen-bond donors (Lipinski definition) is 6. The molecule has 2 unspecified atom stereocenters. The maximum Gasteiger partial charge on any atom is 0.355 e. The summed E-state index contributed by atoms with van der Waals surface area (Å²) in [4.78, 5) is 59.5. The van der Waals surface area contributed by atoms with Crippen LogP contribution in [0.15, 0.2) is 28.7 Å². The second-order valence-electron chi connectivity index (χ2n) is 6.17. The smallest absolute Gasteiger partial charge is 0.355 e. The molecule has 1 aromatic carbocycles. The molecule has 0 saturated heterocycles. The molecule has 2 atom stereocenters. The fraction of sp³-hybridized carbons (Fsp3) is 0.353. The molecule has 1 aromatic rings. The molecule has 0 spiro atoms. The van der Waals surface area contributed by atoms with Crippen LogP contribution in [0.1, 0.15) is 12.8 Å². The normalized spacial score (nSPS) is 12.4. The number of hydrogen-bond acceptors (Lipinski definition) is 8. The average Bonchev–Trinajstić information content (AvgIpc) is 2.72. The molecule has 0 aliphatic carbocycles. The maximum atomic E-state index is 12.7. The van der Waals surface area contributed by atoms with Gasteiger partial charge in [0.15, 0.2) is 0 Å². The van der Waals surface area contributed by atoms with Crippen molar-refractivity contribution in [3.8, 4) is 0 Å². The van der Waals surface area contributed by atoms with E-state index in [0.717, 1.165) is 0 Å². The van der Waals surface area contributed by atoms with Crippen LogP contribution >= 0.6 is 28.6 Å². The van der Waals surface area contributed by atoms with Gasteiger partial charge in [0.1, 0.15) is 18.6 Å². The Labute approximate surface area is 190 Å². The van der Waals surface area contributed by atoms with Crippen LogP contribution in [0.5, 0.6) is 0 Å². The Morgan fingerprint density at radius 3 is 2.19 bits per heavy atom.